The number of rotatable bonds is 10. The average molecular weight is 522 g/mol. The predicted molar refractivity (Wildman–Crippen MR) is 156 cm³/mol. The van der Waals surface area contributed by atoms with E-state index in [1.807, 2.05) is 49.1 Å². The molecule has 0 saturated carbocycles. The fourth-order valence-electron chi connectivity index (χ4n) is 4.31. The number of hydrogen-bond donors (Lipinski definition) is 0. The molecule has 1 amide bonds. The van der Waals surface area contributed by atoms with Gasteiger partial charge in [0.25, 0.3) is 5.91 Å². The van der Waals surface area contributed by atoms with Crippen molar-refractivity contribution in [3.63, 3.8) is 0 Å². The van der Waals surface area contributed by atoms with E-state index >= 15 is 0 Å². The molecule has 0 aliphatic carbocycles. The normalized spacial score (nSPS) is 15.4. The molecule has 3 aromatic rings. The summed E-state index contributed by atoms with van der Waals surface area (Å²) in [5.74, 6) is 0.0598. The Bertz CT molecular complexity index is 1070. The molecule has 0 spiro atoms. The summed E-state index contributed by atoms with van der Waals surface area (Å²) in [4.78, 5) is 18.1. The van der Waals surface area contributed by atoms with E-state index in [1.54, 1.807) is 0 Å². The van der Waals surface area contributed by atoms with Gasteiger partial charge in [0.2, 0.25) is 0 Å². The van der Waals surface area contributed by atoms with Gasteiger partial charge in [-0.05, 0) is 75.8 Å². The lowest BCUT2D eigenvalue weighted by atomic mass is 9.98. The largest absolute Gasteiger partial charge is 0.373 e. The van der Waals surface area contributed by atoms with Crippen LogP contribution < -0.4 is 0 Å². The van der Waals surface area contributed by atoms with Crippen LogP contribution in [0.25, 0.3) is 0 Å². The number of epoxide rings is 1. The highest BCUT2D eigenvalue weighted by Crippen LogP contribution is 2.60. The molecule has 1 aliphatic heterocycles. The fourth-order valence-corrected chi connectivity index (χ4v) is 6.62. The first-order chi connectivity index (χ1) is 17.8. The van der Waals surface area contributed by atoms with E-state index < -0.39 is 10.3 Å². The zero-order chi connectivity index (χ0) is 26.9. The molecule has 0 aromatic heterocycles. The molecule has 5 heteroatoms. The maximum absolute atomic E-state index is 13.8. The van der Waals surface area contributed by atoms with Crippen molar-refractivity contribution in [2.45, 2.75) is 68.9 Å². The van der Waals surface area contributed by atoms with E-state index in [0.717, 1.165) is 30.6 Å². The van der Waals surface area contributed by atoms with Gasteiger partial charge in [0.1, 0.15) is 0 Å². The summed E-state index contributed by atoms with van der Waals surface area (Å²) in [7, 11) is -1.70. The smallest absolute Gasteiger partial charge is 0.254 e. The summed E-state index contributed by atoms with van der Waals surface area (Å²) in [5, 5.41) is 0. The van der Waals surface area contributed by atoms with E-state index in [9.17, 15) is 4.79 Å². The topological polar surface area (TPSA) is 42.1 Å². The fraction of sp³-hybridized carbons (Fsp3) is 0.406. The van der Waals surface area contributed by atoms with Crippen LogP contribution in [0.1, 0.15) is 57.0 Å². The van der Waals surface area contributed by atoms with Crippen molar-refractivity contribution in [3.8, 4) is 0 Å². The predicted octanol–water partition coefficient (Wildman–Crippen LogP) is 7.77. The summed E-state index contributed by atoms with van der Waals surface area (Å²) in [5.41, 5.74) is 1.54. The SMILES string of the molecule is CC.CC(C)(C)N(CCOS(C)(c1ccccc1)c1ccccc1)C(=O)c1ccccc1CCC1CO1. The molecule has 1 unspecified atom stereocenters. The number of nitrogens with zero attached hydrogens (tertiary/aromatic N) is 1. The Morgan fingerprint density at radius 1 is 0.919 bits per heavy atom. The highest BCUT2D eigenvalue weighted by Gasteiger charge is 2.31. The third-order valence-electron chi connectivity index (χ3n) is 6.46. The molecule has 1 atom stereocenters. The first-order valence-electron chi connectivity index (χ1n) is 13.3. The molecule has 37 heavy (non-hydrogen) atoms. The van der Waals surface area contributed by atoms with Gasteiger partial charge in [-0.15, -0.1) is 0 Å². The van der Waals surface area contributed by atoms with Gasteiger partial charge >= 0.3 is 0 Å². The zero-order valence-corrected chi connectivity index (χ0v) is 24.1. The van der Waals surface area contributed by atoms with E-state index in [1.165, 1.54) is 9.79 Å². The Labute approximate surface area is 225 Å². The van der Waals surface area contributed by atoms with E-state index in [-0.39, 0.29) is 11.4 Å². The molecule has 200 valence electrons. The summed E-state index contributed by atoms with van der Waals surface area (Å²) in [6, 6.07) is 28.8. The minimum absolute atomic E-state index is 0.0598. The highest BCUT2D eigenvalue weighted by atomic mass is 32.3. The van der Waals surface area contributed by atoms with Crippen LogP contribution in [0.5, 0.6) is 0 Å². The lowest BCUT2D eigenvalue weighted by Crippen LogP contribution is -2.47. The van der Waals surface area contributed by atoms with Gasteiger partial charge in [0.15, 0.2) is 0 Å². The summed E-state index contributed by atoms with van der Waals surface area (Å²) in [6.45, 7) is 12.1. The number of hydrogen-bond acceptors (Lipinski definition) is 3. The van der Waals surface area contributed by atoms with E-state index in [2.05, 4.69) is 81.6 Å². The number of carbonyl (C=O) groups excluding carboxylic acids is 1. The maximum atomic E-state index is 13.8. The first kappa shape index (κ1) is 29.0. The van der Waals surface area contributed by atoms with Gasteiger partial charge in [0, 0.05) is 27.4 Å². The van der Waals surface area contributed by atoms with Crippen molar-refractivity contribution in [1.82, 2.24) is 4.90 Å². The first-order valence-corrected chi connectivity index (χ1v) is 15.3. The van der Waals surface area contributed by atoms with Gasteiger partial charge in [-0.2, -0.15) is 0 Å². The van der Waals surface area contributed by atoms with Crippen molar-refractivity contribution in [3.05, 3.63) is 96.1 Å². The molecule has 0 radical (unpaired) electrons. The summed E-state index contributed by atoms with van der Waals surface area (Å²) < 4.78 is 12.1. The monoisotopic (exact) mass is 521 g/mol. The van der Waals surface area contributed by atoms with Crippen LogP contribution in [0.4, 0.5) is 0 Å². The molecule has 3 aromatic carbocycles. The van der Waals surface area contributed by atoms with Crippen LogP contribution in [0.15, 0.2) is 94.7 Å². The maximum Gasteiger partial charge on any atom is 0.254 e. The third-order valence-corrected chi connectivity index (χ3v) is 9.44. The molecule has 1 aliphatic rings. The Morgan fingerprint density at radius 3 is 1.95 bits per heavy atom. The second kappa shape index (κ2) is 13.3. The van der Waals surface area contributed by atoms with Gasteiger partial charge in [-0.1, -0.05) is 78.8 Å². The minimum Gasteiger partial charge on any atom is -0.373 e. The second-order valence-electron chi connectivity index (χ2n) is 10.1. The van der Waals surface area contributed by atoms with Crippen LogP contribution >= 0.6 is 10.3 Å². The number of ether oxygens (including phenoxy) is 1. The van der Waals surface area contributed by atoms with Crippen molar-refractivity contribution in [2.24, 2.45) is 0 Å². The molecular formula is C32H43NO3S. The second-order valence-corrected chi connectivity index (χ2v) is 12.9. The Balaban J connectivity index is 0.00000186. The van der Waals surface area contributed by atoms with Crippen LogP contribution in [-0.4, -0.2) is 48.5 Å². The van der Waals surface area contributed by atoms with Crippen LogP contribution in [-0.2, 0) is 15.3 Å². The Hall–Kier alpha value is -2.60. The lowest BCUT2D eigenvalue weighted by Gasteiger charge is -2.40. The van der Waals surface area contributed by atoms with Crippen LogP contribution in [0.3, 0.4) is 0 Å². The molecule has 1 fully saturated rings. The number of amides is 1. The van der Waals surface area contributed by atoms with Crippen molar-refractivity contribution in [1.29, 1.82) is 0 Å². The number of benzene rings is 3. The number of carbonyl (C=O) groups is 1. The highest BCUT2D eigenvalue weighted by molar-refractivity contribution is 8.29. The summed E-state index contributed by atoms with van der Waals surface area (Å²) in [6.07, 6.45) is 4.35. The Morgan fingerprint density at radius 2 is 1.43 bits per heavy atom. The molecular weight excluding hydrogens is 478 g/mol. The van der Waals surface area contributed by atoms with Gasteiger partial charge in [-0.25, -0.2) is 0 Å². The molecule has 4 rings (SSSR count). The van der Waals surface area contributed by atoms with Gasteiger partial charge in [0.05, 0.1) is 19.3 Å². The molecule has 0 N–H and O–H groups in total. The van der Waals surface area contributed by atoms with Crippen molar-refractivity contribution < 1.29 is 13.7 Å². The van der Waals surface area contributed by atoms with Gasteiger partial charge in [-0.3, -0.25) is 4.79 Å². The third kappa shape index (κ3) is 7.70. The lowest BCUT2D eigenvalue weighted by molar-refractivity contribution is 0.0545. The quantitative estimate of drug-likeness (QED) is 0.256. The van der Waals surface area contributed by atoms with Gasteiger partial charge < -0.3 is 13.8 Å². The van der Waals surface area contributed by atoms with Crippen LogP contribution in [0.2, 0.25) is 0 Å². The Kier molecular flexibility index (Phi) is 10.4. The summed E-state index contributed by atoms with van der Waals surface area (Å²) >= 11 is 0. The van der Waals surface area contributed by atoms with E-state index in [4.69, 9.17) is 8.92 Å². The molecule has 1 saturated heterocycles. The standard InChI is InChI=1S/C30H37NO3S.C2H6/c1-30(2,3)31(29(32)28-18-12-11-13-24(28)19-20-25-23-33-25)21-22-34-35(4,26-14-7-5-8-15-26)27-16-9-6-10-17-27;1-2/h5-18,25H,19-23H2,1-4H3;1-2H3. The average Bonchev–Trinajstić information content (AvgIpc) is 3.76. The van der Waals surface area contributed by atoms with Crippen molar-refractivity contribution in [2.75, 3.05) is 26.0 Å². The molecule has 4 nitrogen and oxygen atoms in total. The molecule has 1 heterocycles. The minimum atomic E-state index is -1.70. The van der Waals surface area contributed by atoms with Crippen molar-refractivity contribution >= 4 is 16.2 Å². The zero-order valence-electron chi connectivity index (χ0n) is 23.3. The van der Waals surface area contributed by atoms with E-state index in [0.29, 0.717) is 19.3 Å². The molecule has 0 bridgehead atoms. The number of aryl methyl sites for hydroxylation is 1. The van der Waals surface area contributed by atoms with Crippen LogP contribution in [0, 0.1) is 0 Å².